The maximum absolute atomic E-state index is 9.48. The van der Waals surface area contributed by atoms with Crippen LogP contribution in [0, 0.1) is 22.7 Å². The molecule has 0 aromatic carbocycles. The van der Waals surface area contributed by atoms with Crippen molar-refractivity contribution < 1.29 is 0 Å². The zero-order valence-electron chi connectivity index (χ0n) is 12.5. The molecule has 1 rings (SSSR count). The molecule has 2 unspecified atom stereocenters. The molecule has 1 nitrogen and oxygen atoms in total. The molecule has 0 aromatic heterocycles. The summed E-state index contributed by atoms with van der Waals surface area (Å²) in [6.45, 7) is 4.58. The van der Waals surface area contributed by atoms with Crippen molar-refractivity contribution in [2.45, 2.75) is 90.9 Å². The fourth-order valence-electron chi connectivity index (χ4n) is 3.47. The first-order valence-corrected chi connectivity index (χ1v) is 8.14. The van der Waals surface area contributed by atoms with Crippen LogP contribution in [0.1, 0.15) is 90.9 Å². The number of hydrogen-bond acceptors (Lipinski definition) is 1. The van der Waals surface area contributed by atoms with Gasteiger partial charge in [-0.1, -0.05) is 71.6 Å². The number of hydrogen-bond donors (Lipinski definition) is 0. The van der Waals surface area contributed by atoms with Gasteiger partial charge < -0.3 is 0 Å². The minimum atomic E-state index is 0.0427. The van der Waals surface area contributed by atoms with E-state index in [1.807, 2.05) is 0 Å². The third kappa shape index (κ3) is 5.42. The number of rotatable bonds is 8. The van der Waals surface area contributed by atoms with Gasteiger partial charge in [0.25, 0.3) is 0 Å². The van der Waals surface area contributed by atoms with E-state index in [0.717, 1.165) is 25.2 Å². The molecule has 0 heterocycles. The molecular formula is C17H31N. The fourth-order valence-corrected chi connectivity index (χ4v) is 3.47. The van der Waals surface area contributed by atoms with Crippen LogP contribution in [0.25, 0.3) is 0 Å². The molecule has 1 aliphatic rings. The molecular weight excluding hydrogens is 218 g/mol. The minimum absolute atomic E-state index is 0.0427. The van der Waals surface area contributed by atoms with E-state index < -0.39 is 0 Å². The van der Waals surface area contributed by atoms with Gasteiger partial charge in [0.15, 0.2) is 0 Å². The third-order valence-electron chi connectivity index (χ3n) is 4.59. The zero-order valence-corrected chi connectivity index (χ0v) is 12.5. The zero-order chi connectivity index (χ0) is 13.3. The molecule has 18 heavy (non-hydrogen) atoms. The Bertz CT molecular complexity index is 253. The van der Waals surface area contributed by atoms with Gasteiger partial charge in [-0.25, -0.2) is 0 Å². The summed E-state index contributed by atoms with van der Waals surface area (Å²) in [5.41, 5.74) is 0.0427. The van der Waals surface area contributed by atoms with Gasteiger partial charge in [-0.2, -0.15) is 5.26 Å². The molecule has 0 N–H and O–H groups in total. The van der Waals surface area contributed by atoms with E-state index in [1.165, 1.54) is 57.8 Å². The highest BCUT2D eigenvalue weighted by Crippen LogP contribution is 2.42. The first-order chi connectivity index (χ1) is 8.72. The van der Waals surface area contributed by atoms with Crippen molar-refractivity contribution in [2.75, 3.05) is 0 Å². The Hall–Kier alpha value is -0.510. The first kappa shape index (κ1) is 15.5. The summed E-state index contributed by atoms with van der Waals surface area (Å²) in [5, 5.41) is 9.48. The maximum Gasteiger partial charge on any atom is 0.0689 e. The lowest BCUT2D eigenvalue weighted by Crippen LogP contribution is -2.26. The van der Waals surface area contributed by atoms with E-state index in [0.29, 0.717) is 0 Å². The van der Waals surface area contributed by atoms with Crippen LogP contribution in [-0.2, 0) is 0 Å². The summed E-state index contributed by atoms with van der Waals surface area (Å²) in [6, 6.07) is 2.66. The Morgan fingerprint density at radius 2 is 1.78 bits per heavy atom. The van der Waals surface area contributed by atoms with Gasteiger partial charge in [-0.05, 0) is 25.2 Å². The Kier molecular flexibility index (Phi) is 7.40. The lowest BCUT2D eigenvalue weighted by molar-refractivity contribution is 0.192. The van der Waals surface area contributed by atoms with Crippen LogP contribution in [0.5, 0.6) is 0 Å². The highest BCUT2D eigenvalue weighted by molar-refractivity contribution is 5.01. The summed E-state index contributed by atoms with van der Waals surface area (Å²) in [4.78, 5) is 0. The highest BCUT2D eigenvalue weighted by atomic mass is 14.4. The van der Waals surface area contributed by atoms with Crippen LogP contribution >= 0.6 is 0 Å². The summed E-state index contributed by atoms with van der Waals surface area (Å²) >= 11 is 0. The van der Waals surface area contributed by atoms with Gasteiger partial charge in [0.1, 0.15) is 0 Å². The lowest BCUT2D eigenvalue weighted by Gasteiger charge is -2.34. The molecule has 0 bridgehead atoms. The number of nitriles is 1. The van der Waals surface area contributed by atoms with Crippen LogP contribution in [0.15, 0.2) is 0 Å². The SMILES string of the molecule is CCCCCCCCCC1(C#N)CCCC(C)C1. The normalized spacial score (nSPS) is 27.9. The molecule has 0 radical (unpaired) electrons. The third-order valence-corrected chi connectivity index (χ3v) is 4.59. The van der Waals surface area contributed by atoms with Crippen LogP contribution < -0.4 is 0 Å². The van der Waals surface area contributed by atoms with Gasteiger partial charge in [0, 0.05) is 0 Å². The second-order valence-electron chi connectivity index (χ2n) is 6.46. The molecule has 1 aliphatic carbocycles. The van der Waals surface area contributed by atoms with Crippen LogP contribution in [-0.4, -0.2) is 0 Å². The fraction of sp³-hybridized carbons (Fsp3) is 0.941. The average Bonchev–Trinajstić information content (AvgIpc) is 2.38. The molecule has 2 atom stereocenters. The summed E-state index contributed by atoms with van der Waals surface area (Å²) in [5.74, 6) is 0.767. The van der Waals surface area contributed by atoms with Crippen molar-refractivity contribution in [1.82, 2.24) is 0 Å². The van der Waals surface area contributed by atoms with Crippen LogP contribution in [0.3, 0.4) is 0 Å². The second kappa shape index (κ2) is 8.57. The summed E-state index contributed by atoms with van der Waals surface area (Å²) in [7, 11) is 0. The smallest absolute Gasteiger partial charge is 0.0689 e. The molecule has 104 valence electrons. The lowest BCUT2D eigenvalue weighted by atomic mass is 9.68. The molecule has 0 aliphatic heterocycles. The van der Waals surface area contributed by atoms with Crippen molar-refractivity contribution in [1.29, 1.82) is 5.26 Å². The molecule has 1 fully saturated rings. The van der Waals surface area contributed by atoms with Gasteiger partial charge in [-0.15, -0.1) is 0 Å². The van der Waals surface area contributed by atoms with E-state index in [-0.39, 0.29) is 5.41 Å². The van der Waals surface area contributed by atoms with Crippen molar-refractivity contribution >= 4 is 0 Å². The topological polar surface area (TPSA) is 23.8 Å². The van der Waals surface area contributed by atoms with E-state index in [9.17, 15) is 5.26 Å². The molecule has 1 heteroatoms. The molecule has 1 saturated carbocycles. The van der Waals surface area contributed by atoms with Crippen LogP contribution in [0.4, 0.5) is 0 Å². The Morgan fingerprint density at radius 1 is 1.11 bits per heavy atom. The Labute approximate surface area is 114 Å². The second-order valence-corrected chi connectivity index (χ2v) is 6.46. The van der Waals surface area contributed by atoms with Gasteiger partial charge in [0.05, 0.1) is 11.5 Å². The Morgan fingerprint density at radius 3 is 2.39 bits per heavy atom. The largest absolute Gasteiger partial charge is 0.198 e. The van der Waals surface area contributed by atoms with Gasteiger partial charge >= 0.3 is 0 Å². The van der Waals surface area contributed by atoms with Crippen molar-refractivity contribution in [3.05, 3.63) is 0 Å². The molecule has 0 aromatic rings. The summed E-state index contributed by atoms with van der Waals surface area (Å²) in [6.07, 6.45) is 15.6. The first-order valence-electron chi connectivity index (χ1n) is 8.14. The van der Waals surface area contributed by atoms with Crippen molar-refractivity contribution in [2.24, 2.45) is 11.3 Å². The van der Waals surface area contributed by atoms with Crippen molar-refractivity contribution in [3.63, 3.8) is 0 Å². The summed E-state index contributed by atoms with van der Waals surface area (Å²) < 4.78 is 0. The Balaban J connectivity index is 2.14. The quantitative estimate of drug-likeness (QED) is 0.495. The van der Waals surface area contributed by atoms with E-state index >= 15 is 0 Å². The molecule has 0 amide bonds. The molecule has 0 spiro atoms. The van der Waals surface area contributed by atoms with E-state index in [1.54, 1.807) is 0 Å². The maximum atomic E-state index is 9.48. The number of nitrogens with zero attached hydrogens (tertiary/aromatic N) is 1. The van der Waals surface area contributed by atoms with E-state index in [4.69, 9.17) is 0 Å². The van der Waals surface area contributed by atoms with Crippen molar-refractivity contribution in [3.8, 4) is 6.07 Å². The monoisotopic (exact) mass is 249 g/mol. The van der Waals surface area contributed by atoms with Crippen LogP contribution in [0.2, 0.25) is 0 Å². The van der Waals surface area contributed by atoms with E-state index in [2.05, 4.69) is 19.9 Å². The minimum Gasteiger partial charge on any atom is -0.198 e. The average molecular weight is 249 g/mol. The molecule has 0 saturated heterocycles. The standard InChI is InChI=1S/C17H31N/c1-3-4-5-6-7-8-9-12-17(15-18)13-10-11-16(2)14-17/h16H,3-14H2,1-2H3. The number of unbranched alkanes of at least 4 members (excludes halogenated alkanes) is 6. The van der Waals surface area contributed by atoms with Gasteiger partial charge in [-0.3, -0.25) is 0 Å². The predicted molar refractivity (Wildman–Crippen MR) is 78.3 cm³/mol. The van der Waals surface area contributed by atoms with Gasteiger partial charge in [0.2, 0.25) is 0 Å². The highest BCUT2D eigenvalue weighted by Gasteiger charge is 2.34. The predicted octanol–water partition coefficient (Wildman–Crippen LogP) is 5.85.